The van der Waals surface area contributed by atoms with Gasteiger partial charge >= 0.3 is 0 Å². The Morgan fingerprint density at radius 3 is 2.58 bits per heavy atom. The third-order valence-electron chi connectivity index (χ3n) is 5.55. The number of hydrogen-bond donors (Lipinski definition) is 2. The molecule has 1 amide bonds. The van der Waals surface area contributed by atoms with Crippen molar-refractivity contribution in [3.05, 3.63) is 114 Å². The summed E-state index contributed by atoms with van der Waals surface area (Å²) < 4.78 is 0. The van der Waals surface area contributed by atoms with Crippen molar-refractivity contribution in [2.45, 2.75) is 0 Å². The van der Waals surface area contributed by atoms with Crippen molar-refractivity contribution in [3.63, 3.8) is 0 Å². The van der Waals surface area contributed by atoms with Crippen LogP contribution in [-0.2, 0) is 4.79 Å². The number of carbonyl (C=O) groups is 1. The molecule has 1 heterocycles. The lowest BCUT2D eigenvalue weighted by molar-refractivity contribution is -0.111. The lowest BCUT2D eigenvalue weighted by Gasteiger charge is -2.23. The Kier molecular flexibility index (Phi) is 5.83. The van der Waals surface area contributed by atoms with E-state index in [1.807, 2.05) is 42.5 Å². The van der Waals surface area contributed by atoms with Crippen molar-refractivity contribution in [1.82, 2.24) is 0 Å². The van der Waals surface area contributed by atoms with Gasteiger partial charge in [0.1, 0.15) is 0 Å². The lowest BCUT2D eigenvalue weighted by Crippen LogP contribution is -2.10. The Morgan fingerprint density at radius 1 is 0.939 bits per heavy atom. The molecule has 1 aliphatic rings. The molecule has 5 heteroatoms. The molecular weight excluding hydrogens is 430 g/mol. The van der Waals surface area contributed by atoms with Crippen LogP contribution in [0.5, 0.6) is 0 Å². The van der Waals surface area contributed by atoms with E-state index in [2.05, 4.69) is 64.2 Å². The number of halogens is 1. The standard InChI is InChI=1S/C28H22ClN3O/c29-25-9-4-2-7-21(25)11-17-27(33)31-22-12-14-23(15-13-22)32-19-5-18-30-28-24-8-3-1-6-20(24)10-16-26(28)32/h1-17,19,30H,18H2,(H,31,33). The minimum absolute atomic E-state index is 0.210. The van der Waals surface area contributed by atoms with E-state index < -0.39 is 0 Å². The van der Waals surface area contributed by atoms with Crippen molar-refractivity contribution < 1.29 is 4.79 Å². The first-order valence-corrected chi connectivity index (χ1v) is 11.1. The van der Waals surface area contributed by atoms with E-state index in [1.54, 1.807) is 12.1 Å². The average molecular weight is 452 g/mol. The SMILES string of the molecule is O=C(C=Cc1ccccc1Cl)Nc1ccc(N2C=CCNc3c2ccc2ccccc32)cc1. The topological polar surface area (TPSA) is 44.4 Å². The number of anilines is 4. The Bertz CT molecular complexity index is 1380. The fourth-order valence-corrected chi connectivity index (χ4v) is 4.13. The van der Waals surface area contributed by atoms with Gasteiger partial charge in [-0.15, -0.1) is 0 Å². The number of rotatable bonds is 4. The van der Waals surface area contributed by atoms with Crippen LogP contribution in [0.3, 0.4) is 0 Å². The molecule has 162 valence electrons. The molecule has 33 heavy (non-hydrogen) atoms. The van der Waals surface area contributed by atoms with Crippen molar-refractivity contribution >= 4 is 57.1 Å². The number of nitrogens with one attached hydrogen (secondary N) is 2. The van der Waals surface area contributed by atoms with E-state index in [-0.39, 0.29) is 5.91 Å². The molecule has 0 bridgehead atoms. The van der Waals surface area contributed by atoms with E-state index in [9.17, 15) is 4.79 Å². The van der Waals surface area contributed by atoms with E-state index in [0.717, 1.165) is 34.9 Å². The fourth-order valence-electron chi connectivity index (χ4n) is 3.94. The quantitative estimate of drug-likeness (QED) is 0.322. The molecule has 5 rings (SSSR count). The van der Waals surface area contributed by atoms with Crippen LogP contribution in [0.15, 0.2) is 103 Å². The van der Waals surface area contributed by atoms with Crippen LogP contribution in [0.1, 0.15) is 5.56 Å². The van der Waals surface area contributed by atoms with E-state index >= 15 is 0 Å². The van der Waals surface area contributed by atoms with Crippen LogP contribution >= 0.6 is 11.6 Å². The summed E-state index contributed by atoms with van der Waals surface area (Å²) in [6, 6.07) is 27.9. The van der Waals surface area contributed by atoms with Gasteiger partial charge in [-0.2, -0.15) is 0 Å². The Morgan fingerprint density at radius 2 is 1.73 bits per heavy atom. The predicted octanol–water partition coefficient (Wildman–Crippen LogP) is 7.22. The number of fused-ring (bicyclic) bond motifs is 3. The van der Waals surface area contributed by atoms with Crippen LogP contribution in [0, 0.1) is 0 Å². The molecule has 0 atom stereocenters. The van der Waals surface area contributed by atoms with Crippen LogP contribution < -0.4 is 15.5 Å². The van der Waals surface area contributed by atoms with E-state index in [0.29, 0.717) is 5.02 Å². The summed E-state index contributed by atoms with van der Waals surface area (Å²) in [5.74, 6) is -0.210. The Balaban J connectivity index is 1.36. The van der Waals surface area contributed by atoms with Crippen LogP contribution in [-0.4, -0.2) is 12.5 Å². The summed E-state index contributed by atoms with van der Waals surface area (Å²) in [5, 5.41) is 9.44. The van der Waals surface area contributed by atoms with Crippen LogP contribution in [0.25, 0.3) is 16.8 Å². The summed E-state index contributed by atoms with van der Waals surface area (Å²) >= 11 is 6.14. The molecule has 4 aromatic rings. The van der Waals surface area contributed by atoms with Crippen molar-refractivity contribution in [2.24, 2.45) is 0 Å². The van der Waals surface area contributed by atoms with Crippen molar-refractivity contribution in [3.8, 4) is 0 Å². The minimum atomic E-state index is -0.210. The summed E-state index contributed by atoms with van der Waals surface area (Å²) in [6.07, 6.45) is 7.37. The largest absolute Gasteiger partial charge is 0.379 e. The maximum Gasteiger partial charge on any atom is 0.248 e. The van der Waals surface area contributed by atoms with Crippen LogP contribution in [0.2, 0.25) is 5.02 Å². The second-order valence-corrected chi connectivity index (χ2v) is 8.11. The van der Waals surface area contributed by atoms with Crippen molar-refractivity contribution in [1.29, 1.82) is 0 Å². The lowest BCUT2D eigenvalue weighted by atomic mass is 10.1. The maximum atomic E-state index is 12.3. The van der Waals surface area contributed by atoms with E-state index in [4.69, 9.17) is 11.6 Å². The average Bonchev–Trinajstić information content (AvgIpc) is 3.07. The highest BCUT2D eigenvalue weighted by Crippen LogP contribution is 2.39. The predicted molar refractivity (Wildman–Crippen MR) is 139 cm³/mol. The molecule has 4 aromatic carbocycles. The fraction of sp³-hybridized carbons (Fsp3) is 0.0357. The molecule has 0 saturated carbocycles. The first-order valence-electron chi connectivity index (χ1n) is 10.7. The van der Waals surface area contributed by atoms with Crippen LogP contribution in [0.4, 0.5) is 22.7 Å². The summed E-state index contributed by atoms with van der Waals surface area (Å²) in [5.41, 5.74) is 4.74. The van der Waals surface area contributed by atoms with Gasteiger partial charge in [-0.3, -0.25) is 4.79 Å². The summed E-state index contributed by atoms with van der Waals surface area (Å²) in [4.78, 5) is 14.5. The van der Waals surface area contributed by atoms with Gasteiger partial charge in [0.25, 0.3) is 0 Å². The molecule has 0 unspecified atom stereocenters. The molecule has 0 aliphatic carbocycles. The second-order valence-electron chi connectivity index (χ2n) is 7.71. The Hall–Kier alpha value is -4.02. The molecule has 1 aliphatic heterocycles. The molecule has 2 N–H and O–H groups in total. The number of benzene rings is 4. The first kappa shape index (κ1) is 20.9. The zero-order chi connectivity index (χ0) is 22.6. The monoisotopic (exact) mass is 451 g/mol. The van der Waals surface area contributed by atoms with Gasteiger partial charge in [-0.05, 0) is 59.5 Å². The van der Waals surface area contributed by atoms with Gasteiger partial charge in [-0.1, -0.05) is 60.1 Å². The zero-order valence-electron chi connectivity index (χ0n) is 17.8. The molecule has 0 radical (unpaired) electrons. The molecule has 4 nitrogen and oxygen atoms in total. The smallest absolute Gasteiger partial charge is 0.248 e. The van der Waals surface area contributed by atoms with Gasteiger partial charge in [0, 0.05) is 40.6 Å². The third kappa shape index (κ3) is 4.47. The van der Waals surface area contributed by atoms with Gasteiger partial charge in [0.15, 0.2) is 0 Å². The van der Waals surface area contributed by atoms with Gasteiger partial charge in [-0.25, -0.2) is 0 Å². The van der Waals surface area contributed by atoms with Gasteiger partial charge < -0.3 is 15.5 Å². The number of carbonyl (C=O) groups excluding carboxylic acids is 1. The highest BCUT2D eigenvalue weighted by Gasteiger charge is 2.16. The molecule has 0 saturated heterocycles. The molecule has 0 aromatic heterocycles. The maximum absolute atomic E-state index is 12.3. The number of hydrogen-bond acceptors (Lipinski definition) is 3. The number of nitrogens with zero attached hydrogens (tertiary/aromatic N) is 1. The van der Waals surface area contributed by atoms with Crippen molar-refractivity contribution in [2.75, 3.05) is 22.1 Å². The summed E-state index contributed by atoms with van der Waals surface area (Å²) in [7, 11) is 0. The highest BCUT2D eigenvalue weighted by atomic mass is 35.5. The summed E-state index contributed by atoms with van der Waals surface area (Å²) in [6.45, 7) is 0.753. The highest BCUT2D eigenvalue weighted by molar-refractivity contribution is 6.32. The Labute approximate surface area is 197 Å². The first-order chi connectivity index (χ1) is 16.2. The van der Waals surface area contributed by atoms with E-state index in [1.165, 1.54) is 16.8 Å². The molecule has 0 fully saturated rings. The minimum Gasteiger partial charge on any atom is -0.379 e. The normalized spacial score (nSPS) is 12.9. The molecular formula is C28H22ClN3O. The zero-order valence-corrected chi connectivity index (χ0v) is 18.6. The van der Waals surface area contributed by atoms with Gasteiger partial charge in [0.2, 0.25) is 5.91 Å². The second kappa shape index (κ2) is 9.23. The third-order valence-corrected chi connectivity index (χ3v) is 5.89. The molecule has 0 spiro atoms. The van der Waals surface area contributed by atoms with Gasteiger partial charge in [0.05, 0.1) is 11.4 Å². The number of amides is 1.